The van der Waals surface area contributed by atoms with Crippen molar-refractivity contribution in [3.05, 3.63) is 65.4 Å². The van der Waals surface area contributed by atoms with Crippen molar-refractivity contribution in [1.29, 1.82) is 0 Å². The number of fused-ring (bicyclic) bond motifs is 3. The summed E-state index contributed by atoms with van der Waals surface area (Å²) in [6.07, 6.45) is 0. The predicted molar refractivity (Wildman–Crippen MR) is 111 cm³/mol. The SMILES string of the molecule is Cc1ccc2c(c1)-c1c(c(C(=O)N3CCOCC3)nn1-c1ccccc1)CS2(=O)=O. The Hall–Kier alpha value is -2.97. The van der Waals surface area contributed by atoms with Crippen LogP contribution in [0.15, 0.2) is 53.4 Å². The molecule has 0 N–H and O–H groups in total. The van der Waals surface area contributed by atoms with E-state index in [1.165, 1.54) is 0 Å². The minimum Gasteiger partial charge on any atom is -0.378 e. The zero-order chi connectivity index (χ0) is 20.9. The van der Waals surface area contributed by atoms with Gasteiger partial charge >= 0.3 is 0 Å². The molecule has 0 saturated carbocycles. The number of morpholine rings is 1. The van der Waals surface area contributed by atoms with E-state index in [-0.39, 0.29) is 22.2 Å². The van der Waals surface area contributed by atoms with Crippen LogP contribution < -0.4 is 0 Å². The highest BCUT2D eigenvalue weighted by Gasteiger charge is 2.37. The zero-order valence-corrected chi connectivity index (χ0v) is 17.4. The molecular weight excluding hydrogens is 402 g/mol. The maximum Gasteiger partial charge on any atom is 0.274 e. The molecule has 0 bridgehead atoms. The number of hydrogen-bond acceptors (Lipinski definition) is 5. The van der Waals surface area contributed by atoms with Crippen LogP contribution in [-0.2, 0) is 20.3 Å². The van der Waals surface area contributed by atoms with Crippen LogP contribution >= 0.6 is 0 Å². The number of sulfone groups is 1. The van der Waals surface area contributed by atoms with E-state index in [1.807, 2.05) is 43.3 Å². The molecule has 30 heavy (non-hydrogen) atoms. The summed E-state index contributed by atoms with van der Waals surface area (Å²) in [6, 6.07) is 14.8. The summed E-state index contributed by atoms with van der Waals surface area (Å²) in [7, 11) is -3.58. The molecule has 2 aromatic carbocycles. The van der Waals surface area contributed by atoms with Crippen LogP contribution in [0.5, 0.6) is 0 Å². The standard InChI is InChI=1S/C22H21N3O4S/c1-15-7-8-19-17(13-15)21-18(14-30(19,27)28)20(22(26)24-9-11-29-12-10-24)23-25(21)16-5-3-2-4-6-16/h2-8,13H,9-12,14H2,1H3. The van der Waals surface area contributed by atoms with Crippen LogP contribution in [-0.4, -0.2) is 55.3 Å². The van der Waals surface area contributed by atoms with Crippen LogP contribution in [0, 0.1) is 6.92 Å². The van der Waals surface area contributed by atoms with E-state index in [9.17, 15) is 13.2 Å². The number of para-hydroxylation sites is 1. The van der Waals surface area contributed by atoms with Gasteiger partial charge in [-0.1, -0.05) is 29.8 Å². The van der Waals surface area contributed by atoms with Gasteiger partial charge in [0, 0.05) is 24.2 Å². The Bertz CT molecular complexity index is 1240. The molecule has 1 fully saturated rings. The largest absolute Gasteiger partial charge is 0.378 e. The zero-order valence-electron chi connectivity index (χ0n) is 16.5. The van der Waals surface area contributed by atoms with Crippen LogP contribution in [0.1, 0.15) is 21.6 Å². The third kappa shape index (κ3) is 3.03. The predicted octanol–water partition coefficient (Wildman–Crippen LogP) is 2.61. The van der Waals surface area contributed by atoms with Crippen molar-refractivity contribution in [2.75, 3.05) is 26.3 Å². The van der Waals surface area contributed by atoms with Gasteiger partial charge in [-0.05, 0) is 31.2 Å². The number of aryl methyl sites for hydroxylation is 1. The van der Waals surface area contributed by atoms with Gasteiger partial charge in [0.25, 0.3) is 5.91 Å². The Kier molecular flexibility index (Phi) is 4.48. The summed E-state index contributed by atoms with van der Waals surface area (Å²) in [6.45, 7) is 3.79. The van der Waals surface area contributed by atoms with Gasteiger partial charge < -0.3 is 9.64 Å². The lowest BCUT2D eigenvalue weighted by Crippen LogP contribution is -2.41. The quantitative estimate of drug-likeness (QED) is 0.633. The molecule has 154 valence electrons. The van der Waals surface area contributed by atoms with Crippen molar-refractivity contribution in [2.45, 2.75) is 17.6 Å². The number of ether oxygens (including phenoxy) is 1. The fourth-order valence-electron chi connectivity index (χ4n) is 4.08. The molecule has 5 rings (SSSR count). The fraction of sp³-hybridized carbons (Fsp3) is 0.273. The van der Waals surface area contributed by atoms with Gasteiger partial charge in [-0.3, -0.25) is 4.79 Å². The van der Waals surface area contributed by atoms with Crippen molar-refractivity contribution in [2.24, 2.45) is 0 Å². The summed E-state index contributed by atoms with van der Waals surface area (Å²) in [5, 5.41) is 4.65. The van der Waals surface area contributed by atoms with Crippen molar-refractivity contribution in [3.8, 4) is 16.9 Å². The Morgan fingerprint density at radius 2 is 1.80 bits per heavy atom. The van der Waals surface area contributed by atoms with Crippen molar-refractivity contribution < 1.29 is 17.9 Å². The fourth-order valence-corrected chi connectivity index (χ4v) is 5.65. The molecule has 1 amide bonds. The number of aromatic nitrogens is 2. The van der Waals surface area contributed by atoms with E-state index in [0.717, 1.165) is 11.3 Å². The van der Waals surface area contributed by atoms with E-state index < -0.39 is 9.84 Å². The number of nitrogens with zero attached hydrogens (tertiary/aromatic N) is 3. The lowest BCUT2D eigenvalue weighted by molar-refractivity contribution is 0.0298. The van der Waals surface area contributed by atoms with Gasteiger partial charge in [0.15, 0.2) is 15.5 Å². The molecular formula is C22H21N3O4S. The number of carbonyl (C=O) groups excluding carboxylic acids is 1. The lowest BCUT2D eigenvalue weighted by atomic mass is 10.0. The molecule has 1 aromatic heterocycles. The van der Waals surface area contributed by atoms with Gasteiger partial charge in [-0.15, -0.1) is 0 Å². The van der Waals surface area contributed by atoms with Crippen LogP contribution in [0.3, 0.4) is 0 Å². The molecule has 0 spiro atoms. The molecule has 8 heteroatoms. The van der Waals surface area contributed by atoms with Crippen LogP contribution in [0.25, 0.3) is 16.9 Å². The molecule has 3 heterocycles. The molecule has 0 atom stereocenters. The molecule has 0 aliphatic carbocycles. The number of benzene rings is 2. The van der Waals surface area contributed by atoms with Gasteiger partial charge in [0.2, 0.25) is 0 Å². The average Bonchev–Trinajstić information content (AvgIpc) is 3.13. The van der Waals surface area contributed by atoms with Gasteiger partial charge in [0.05, 0.1) is 35.2 Å². The maximum absolute atomic E-state index is 13.3. The van der Waals surface area contributed by atoms with Crippen molar-refractivity contribution >= 4 is 15.7 Å². The van der Waals surface area contributed by atoms with Crippen LogP contribution in [0.2, 0.25) is 0 Å². The second-order valence-corrected chi connectivity index (χ2v) is 9.54. The molecule has 0 radical (unpaired) electrons. The average molecular weight is 423 g/mol. The maximum atomic E-state index is 13.3. The summed E-state index contributed by atoms with van der Waals surface area (Å²) < 4.78 is 33.2. The molecule has 0 unspecified atom stereocenters. The van der Waals surface area contributed by atoms with Gasteiger partial charge in [0.1, 0.15) is 0 Å². The number of rotatable bonds is 2. The van der Waals surface area contributed by atoms with E-state index in [4.69, 9.17) is 4.74 Å². The number of carbonyl (C=O) groups is 1. The second-order valence-electron chi connectivity index (χ2n) is 7.59. The van der Waals surface area contributed by atoms with Crippen molar-refractivity contribution in [3.63, 3.8) is 0 Å². The molecule has 1 saturated heterocycles. The molecule has 2 aliphatic heterocycles. The smallest absolute Gasteiger partial charge is 0.274 e. The first-order valence-corrected chi connectivity index (χ1v) is 11.5. The first-order chi connectivity index (χ1) is 14.5. The highest BCUT2D eigenvalue weighted by atomic mass is 32.2. The van der Waals surface area contributed by atoms with E-state index in [0.29, 0.717) is 43.1 Å². The second kappa shape index (κ2) is 7.07. The number of amides is 1. The third-order valence-corrected chi connectivity index (χ3v) is 7.24. The summed E-state index contributed by atoms with van der Waals surface area (Å²) in [4.78, 5) is 15.3. The summed E-state index contributed by atoms with van der Waals surface area (Å²) in [5.41, 5.74) is 3.65. The molecule has 7 nitrogen and oxygen atoms in total. The van der Waals surface area contributed by atoms with Gasteiger partial charge in [-0.25, -0.2) is 13.1 Å². The third-order valence-electron chi connectivity index (χ3n) is 5.54. The summed E-state index contributed by atoms with van der Waals surface area (Å²) >= 11 is 0. The first kappa shape index (κ1) is 19.0. The van der Waals surface area contributed by atoms with E-state index in [2.05, 4.69) is 5.10 Å². The van der Waals surface area contributed by atoms with Crippen LogP contribution in [0.4, 0.5) is 0 Å². The molecule has 3 aromatic rings. The monoisotopic (exact) mass is 423 g/mol. The van der Waals surface area contributed by atoms with Gasteiger partial charge in [-0.2, -0.15) is 5.10 Å². The number of hydrogen-bond donors (Lipinski definition) is 0. The summed E-state index contributed by atoms with van der Waals surface area (Å²) in [5.74, 6) is -0.494. The Balaban J connectivity index is 1.77. The normalized spacial score (nSPS) is 17.3. The minimum absolute atomic E-state index is 0.200. The Labute approximate surface area is 174 Å². The Morgan fingerprint density at radius 1 is 1.07 bits per heavy atom. The van der Waals surface area contributed by atoms with E-state index in [1.54, 1.807) is 21.7 Å². The lowest BCUT2D eigenvalue weighted by Gasteiger charge is -2.26. The van der Waals surface area contributed by atoms with E-state index >= 15 is 0 Å². The topological polar surface area (TPSA) is 81.5 Å². The minimum atomic E-state index is -3.58. The Morgan fingerprint density at radius 3 is 2.53 bits per heavy atom. The highest BCUT2D eigenvalue weighted by Crippen LogP contribution is 2.41. The molecule has 2 aliphatic rings. The highest BCUT2D eigenvalue weighted by molar-refractivity contribution is 7.90. The first-order valence-electron chi connectivity index (χ1n) is 9.84. The van der Waals surface area contributed by atoms with Crippen molar-refractivity contribution in [1.82, 2.24) is 14.7 Å².